The minimum absolute atomic E-state index is 0.00945. The monoisotopic (exact) mass is 346 g/mol. The second-order valence-electron chi connectivity index (χ2n) is 6.39. The molecule has 4 atom stereocenters. The lowest BCUT2D eigenvalue weighted by atomic mass is 9.83. The van der Waals surface area contributed by atoms with Crippen LogP contribution in [0.4, 0.5) is 4.79 Å². The highest BCUT2D eigenvalue weighted by Gasteiger charge is 2.48. The van der Waals surface area contributed by atoms with Gasteiger partial charge >= 0.3 is 12.1 Å². The molecule has 2 heterocycles. The van der Waals surface area contributed by atoms with Crippen molar-refractivity contribution < 1.29 is 23.8 Å². The minimum Gasteiger partial charge on any atom is -0.466 e. The first-order chi connectivity index (χ1) is 12.1. The first-order valence-corrected chi connectivity index (χ1v) is 8.38. The van der Waals surface area contributed by atoms with Crippen molar-refractivity contribution in [1.29, 1.82) is 0 Å². The molecule has 1 fully saturated rings. The van der Waals surface area contributed by atoms with E-state index in [1.807, 2.05) is 18.2 Å². The standard InChI is InChI=1S/C18H22N2O5/c1-11-6-7-13-14(16(21)23-2)10-24-17(15(11)13)25-18(22)20-9-12-5-3-4-8-19-12/h3-5,8,10-11,13,15,17H,6-7,9H2,1-2H3,(H,20,22). The van der Waals surface area contributed by atoms with E-state index in [2.05, 4.69) is 17.2 Å². The van der Waals surface area contributed by atoms with Crippen LogP contribution in [-0.2, 0) is 25.5 Å². The fraction of sp³-hybridized carbons (Fsp3) is 0.500. The molecule has 0 radical (unpaired) electrons. The largest absolute Gasteiger partial charge is 0.466 e. The van der Waals surface area contributed by atoms with Crippen LogP contribution in [0.3, 0.4) is 0 Å². The summed E-state index contributed by atoms with van der Waals surface area (Å²) in [7, 11) is 1.35. The molecule has 2 aliphatic rings. The highest BCUT2D eigenvalue weighted by molar-refractivity contribution is 5.89. The van der Waals surface area contributed by atoms with E-state index in [0.29, 0.717) is 5.57 Å². The Labute approximate surface area is 146 Å². The maximum Gasteiger partial charge on any atom is 0.410 e. The average Bonchev–Trinajstić information content (AvgIpc) is 3.03. The molecular weight excluding hydrogens is 324 g/mol. The number of amides is 1. The second-order valence-corrected chi connectivity index (χ2v) is 6.39. The van der Waals surface area contributed by atoms with Crippen molar-refractivity contribution in [3.05, 3.63) is 41.9 Å². The van der Waals surface area contributed by atoms with Gasteiger partial charge in [0.15, 0.2) is 0 Å². The van der Waals surface area contributed by atoms with Gasteiger partial charge in [-0.1, -0.05) is 13.0 Å². The number of pyridine rings is 1. The number of carbonyl (C=O) groups is 2. The number of fused-ring (bicyclic) bond motifs is 1. The summed E-state index contributed by atoms with van der Waals surface area (Å²) in [5.74, 6) is -0.168. The van der Waals surface area contributed by atoms with Gasteiger partial charge in [-0.25, -0.2) is 9.59 Å². The molecule has 1 aliphatic heterocycles. The minimum atomic E-state index is -0.709. The van der Waals surface area contributed by atoms with Crippen molar-refractivity contribution in [2.45, 2.75) is 32.6 Å². The van der Waals surface area contributed by atoms with Gasteiger partial charge in [-0.15, -0.1) is 0 Å². The highest BCUT2D eigenvalue weighted by atomic mass is 16.7. The number of esters is 1. The first kappa shape index (κ1) is 17.3. The predicted octanol–water partition coefficient (Wildman–Crippen LogP) is 2.38. The lowest BCUT2D eigenvalue weighted by molar-refractivity contribution is -0.145. The Morgan fingerprint density at radius 1 is 1.36 bits per heavy atom. The van der Waals surface area contributed by atoms with Crippen LogP contribution in [0.5, 0.6) is 0 Å². The Morgan fingerprint density at radius 2 is 2.20 bits per heavy atom. The van der Waals surface area contributed by atoms with Crippen LogP contribution in [0.1, 0.15) is 25.5 Å². The third-order valence-corrected chi connectivity index (χ3v) is 4.88. The maximum atomic E-state index is 12.1. The van der Waals surface area contributed by atoms with Crippen LogP contribution in [0, 0.1) is 17.8 Å². The molecule has 25 heavy (non-hydrogen) atoms. The second kappa shape index (κ2) is 7.55. The number of aromatic nitrogens is 1. The molecule has 1 aromatic rings. The quantitative estimate of drug-likeness (QED) is 0.843. The Hall–Kier alpha value is -2.57. The fourth-order valence-corrected chi connectivity index (χ4v) is 3.60. The molecule has 0 spiro atoms. The Kier molecular flexibility index (Phi) is 5.21. The summed E-state index contributed by atoms with van der Waals surface area (Å²) in [6.45, 7) is 2.36. The molecule has 134 valence electrons. The van der Waals surface area contributed by atoms with Gasteiger partial charge in [0.2, 0.25) is 6.29 Å². The van der Waals surface area contributed by atoms with Crippen molar-refractivity contribution in [2.75, 3.05) is 7.11 Å². The summed E-state index contributed by atoms with van der Waals surface area (Å²) in [5.41, 5.74) is 1.26. The number of nitrogens with one attached hydrogen (secondary N) is 1. The zero-order valence-corrected chi connectivity index (χ0v) is 14.3. The van der Waals surface area contributed by atoms with Gasteiger partial charge in [0, 0.05) is 18.0 Å². The molecule has 1 amide bonds. The van der Waals surface area contributed by atoms with Crippen molar-refractivity contribution in [2.24, 2.45) is 17.8 Å². The Bertz CT molecular complexity index is 661. The third kappa shape index (κ3) is 3.75. The molecule has 7 nitrogen and oxygen atoms in total. The average molecular weight is 346 g/mol. The van der Waals surface area contributed by atoms with Gasteiger partial charge in [-0.2, -0.15) is 0 Å². The van der Waals surface area contributed by atoms with Crippen LogP contribution in [0.15, 0.2) is 36.2 Å². The summed E-state index contributed by atoms with van der Waals surface area (Å²) >= 11 is 0. The molecule has 1 saturated carbocycles. The summed E-state index contributed by atoms with van der Waals surface area (Å²) in [5, 5.41) is 2.67. The highest BCUT2D eigenvalue weighted by Crippen LogP contribution is 2.46. The molecule has 1 N–H and O–H groups in total. The SMILES string of the molecule is COC(=O)C1=COC(OC(=O)NCc2ccccn2)C2C(C)CCC12. The van der Waals surface area contributed by atoms with Crippen LogP contribution >= 0.6 is 0 Å². The lowest BCUT2D eigenvalue weighted by Crippen LogP contribution is -2.41. The molecule has 7 heteroatoms. The number of hydrogen-bond acceptors (Lipinski definition) is 6. The predicted molar refractivity (Wildman–Crippen MR) is 87.9 cm³/mol. The van der Waals surface area contributed by atoms with Crippen LogP contribution in [-0.4, -0.2) is 30.4 Å². The molecule has 1 aliphatic carbocycles. The van der Waals surface area contributed by atoms with E-state index < -0.39 is 12.4 Å². The maximum absolute atomic E-state index is 12.1. The van der Waals surface area contributed by atoms with E-state index in [0.717, 1.165) is 18.5 Å². The Morgan fingerprint density at radius 3 is 2.92 bits per heavy atom. The molecule has 1 aromatic heterocycles. The number of methoxy groups -OCH3 is 1. The number of carbonyl (C=O) groups excluding carboxylic acids is 2. The smallest absolute Gasteiger partial charge is 0.410 e. The van der Waals surface area contributed by atoms with Crippen LogP contribution < -0.4 is 5.32 Å². The van der Waals surface area contributed by atoms with Gasteiger partial charge in [-0.05, 0) is 30.9 Å². The summed E-state index contributed by atoms with van der Waals surface area (Å²) in [6, 6.07) is 5.48. The molecule has 0 saturated heterocycles. The fourth-order valence-electron chi connectivity index (χ4n) is 3.60. The van der Waals surface area contributed by atoms with E-state index in [1.54, 1.807) is 6.20 Å². The van der Waals surface area contributed by atoms with Gasteiger partial charge in [0.25, 0.3) is 0 Å². The molecule has 3 rings (SSSR count). The molecule has 0 bridgehead atoms. The van der Waals surface area contributed by atoms with E-state index in [1.165, 1.54) is 13.4 Å². The molecular formula is C18H22N2O5. The van der Waals surface area contributed by atoms with Crippen LogP contribution in [0.25, 0.3) is 0 Å². The van der Waals surface area contributed by atoms with Crippen LogP contribution in [0.2, 0.25) is 0 Å². The van der Waals surface area contributed by atoms with Gasteiger partial charge < -0.3 is 19.5 Å². The van der Waals surface area contributed by atoms with Crippen molar-refractivity contribution in [3.63, 3.8) is 0 Å². The number of alkyl carbamates (subject to hydrolysis) is 1. The zero-order chi connectivity index (χ0) is 17.8. The van der Waals surface area contributed by atoms with Crippen molar-refractivity contribution in [1.82, 2.24) is 10.3 Å². The Balaban J connectivity index is 1.63. The number of rotatable bonds is 4. The van der Waals surface area contributed by atoms with Gasteiger partial charge in [0.05, 0.1) is 31.2 Å². The van der Waals surface area contributed by atoms with Gasteiger partial charge in [0.1, 0.15) is 0 Å². The zero-order valence-electron chi connectivity index (χ0n) is 14.3. The number of nitrogens with zero attached hydrogens (tertiary/aromatic N) is 1. The van der Waals surface area contributed by atoms with E-state index >= 15 is 0 Å². The van der Waals surface area contributed by atoms with E-state index in [-0.39, 0.29) is 30.3 Å². The normalized spacial score (nSPS) is 27.5. The number of hydrogen-bond donors (Lipinski definition) is 1. The van der Waals surface area contributed by atoms with E-state index in [4.69, 9.17) is 14.2 Å². The summed E-state index contributed by atoms with van der Waals surface area (Å²) in [6.07, 6.45) is 3.56. The van der Waals surface area contributed by atoms with Crippen molar-refractivity contribution >= 4 is 12.1 Å². The number of ether oxygens (including phenoxy) is 3. The van der Waals surface area contributed by atoms with Gasteiger partial charge in [-0.3, -0.25) is 4.98 Å². The van der Waals surface area contributed by atoms with Crippen molar-refractivity contribution in [3.8, 4) is 0 Å². The third-order valence-electron chi connectivity index (χ3n) is 4.88. The molecule has 4 unspecified atom stereocenters. The summed E-state index contributed by atoms with van der Waals surface area (Å²) in [4.78, 5) is 28.1. The van der Waals surface area contributed by atoms with E-state index in [9.17, 15) is 9.59 Å². The lowest BCUT2D eigenvalue weighted by Gasteiger charge is -2.34. The first-order valence-electron chi connectivity index (χ1n) is 8.38. The summed E-state index contributed by atoms with van der Waals surface area (Å²) < 4.78 is 15.8. The molecule has 0 aromatic carbocycles. The topological polar surface area (TPSA) is 86.8 Å².